The van der Waals surface area contributed by atoms with E-state index in [1.54, 1.807) is 21.3 Å². The van der Waals surface area contributed by atoms with Gasteiger partial charge in [0.2, 0.25) is 0 Å². The smallest absolute Gasteiger partial charge is 0.273 e. The average molecular weight is 490 g/mol. The van der Waals surface area contributed by atoms with Crippen LogP contribution in [-0.2, 0) is 6.54 Å². The molecule has 0 saturated heterocycles. The van der Waals surface area contributed by atoms with E-state index in [4.69, 9.17) is 25.8 Å². The van der Waals surface area contributed by atoms with Crippen molar-refractivity contribution in [3.63, 3.8) is 0 Å². The molecule has 0 aliphatic carbocycles. The molecule has 0 spiro atoms. The van der Waals surface area contributed by atoms with Crippen molar-refractivity contribution in [2.24, 2.45) is 0 Å². The molecular weight excluding hydrogens is 466 g/mol. The van der Waals surface area contributed by atoms with Crippen LogP contribution in [0.4, 0.5) is 0 Å². The Labute approximate surface area is 208 Å². The second-order valence-electron chi connectivity index (χ2n) is 8.16. The van der Waals surface area contributed by atoms with Crippen molar-refractivity contribution >= 4 is 17.5 Å². The first-order valence-electron chi connectivity index (χ1n) is 11.0. The number of hydrogen-bond donors (Lipinski definition) is 1. The van der Waals surface area contributed by atoms with Crippen LogP contribution >= 0.6 is 11.6 Å². The van der Waals surface area contributed by atoms with Crippen molar-refractivity contribution in [1.29, 1.82) is 0 Å². The van der Waals surface area contributed by atoms with Gasteiger partial charge in [0.25, 0.3) is 5.91 Å². The molecule has 0 fully saturated rings. The van der Waals surface area contributed by atoms with Crippen LogP contribution in [0.2, 0.25) is 5.02 Å². The number of methoxy groups -OCH3 is 3. The Bertz CT molecular complexity index is 1370. The molecule has 0 radical (unpaired) electrons. The van der Waals surface area contributed by atoms with Gasteiger partial charge in [-0.3, -0.25) is 9.89 Å². The minimum absolute atomic E-state index is 0.134. The lowest BCUT2D eigenvalue weighted by Crippen LogP contribution is -2.29. The van der Waals surface area contributed by atoms with Gasteiger partial charge in [0.05, 0.1) is 33.1 Å². The number of carbonyl (C=O) groups excluding carboxylic acids is 1. The fourth-order valence-electron chi connectivity index (χ4n) is 4.48. The number of fused-ring (bicyclic) bond motifs is 1. The molecule has 1 aliphatic rings. The number of nitrogens with one attached hydrogen (secondary N) is 1. The van der Waals surface area contributed by atoms with Gasteiger partial charge in [0, 0.05) is 34.3 Å². The molecule has 0 saturated carbocycles. The number of benzene rings is 3. The summed E-state index contributed by atoms with van der Waals surface area (Å²) in [7, 11) is 4.84. The summed E-state index contributed by atoms with van der Waals surface area (Å²) in [6.45, 7) is 0.389. The van der Waals surface area contributed by atoms with E-state index in [0.29, 0.717) is 34.5 Å². The fourth-order valence-corrected chi connectivity index (χ4v) is 4.61. The van der Waals surface area contributed by atoms with Crippen molar-refractivity contribution in [1.82, 2.24) is 15.1 Å². The summed E-state index contributed by atoms with van der Waals surface area (Å²) >= 11 is 6.08. The van der Waals surface area contributed by atoms with E-state index >= 15 is 0 Å². The van der Waals surface area contributed by atoms with Gasteiger partial charge in [-0.2, -0.15) is 5.10 Å². The fraction of sp³-hybridized carbons (Fsp3) is 0.185. The number of hydrogen-bond acceptors (Lipinski definition) is 5. The molecule has 35 heavy (non-hydrogen) atoms. The maximum Gasteiger partial charge on any atom is 0.273 e. The number of aromatic nitrogens is 2. The van der Waals surface area contributed by atoms with Gasteiger partial charge >= 0.3 is 0 Å². The standard InChI is InChI=1S/C27H24ClN3O4/c1-33-19-10-6-17(7-11-19)24-23-25(30-29-24)27(32)31(15-16-4-8-18(28)9-5-16)26(23)21-13-12-20(34-2)14-22(21)35-3/h4-14,26H,15H2,1-3H3,(H,29,30). The van der Waals surface area contributed by atoms with Crippen LogP contribution < -0.4 is 14.2 Å². The lowest BCUT2D eigenvalue weighted by Gasteiger charge is -2.28. The molecular formula is C27H24ClN3O4. The molecule has 1 atom stereocenters. The van der Waals surface area contributed by atoms with Gasteiger partial charge in [-0.25, -0.2) is 0 Å². The van der Waals surface area contributed by atoms with Crippen LogP contribution in [0, 0.1) is 0 Å². The highest BCUT2D eigenvalue weighted by molar-refractivity contribution is 6.30. The van der Waals surface area contributed by atoms with Crippen molar-refractivity contribution in [2.45, 2.75) is 12.6 Å². The zero-order valence-electron chi connectivity index (χ0n) is 19.5. The van der Waals surface area contributed by atoms with E-state index in [-0.39, 0.29) is 5.91 Å². The average Bonchev–Trinajstić information content (AvgIpc) is 3.44. The molecule has 1 amide bonds. The van der Waals surface area contributed by atoms with Crippen molar-refractivity contribution in [3.8, 4) is 28.5 Å². The van der Waals surface area contributed by atoms with Gasteiger partial charge < -0.3 is 19.1 Å². The lowest BCUT2D eigenvalue weighted by molar-refractivity contribution is 0.0728. The molecule has 3 aromatic carbocycles. The topological polar surface area (TPSA) is 76.7 Å². The Balaban J connectivity index is 1.66. The van der Waals surface area contributed by atoms with Crippen LogP contribution in [0.25, 0.3) is 11.3 Å². The van der Waals surface area contributed by atoms with Crippen LogP contribution in [0.5, 0.6) is 17.2 Å². The lowest BCUT2D eigenvalue weighted by atomic mass is 9.95. The highest BCUT2D eigenvalue weighted by Crippen LogP contribution is 2.46. The van der Waals surface area contributed by atoms with Crippen molar-refractivity contribution in [2.75, 3.05) is 21.3 Å². The molecule has 0 bridgehead atoms. The Morgan fingerprint density at radius 2 is 1.60 bits per heavy atom. The van der Waals surface area contributed by atoms with Crippen LogP contribution in [0.15, 0.2) is 66.7 Å². The van der Waals surface area contributed by atoms with Gasteiger partial charge in [-0.1, -0.05) is 23.7 Å². The van der Waals surface area contributed by atoms with Gasteiger partial charge in [-0.15, -0.1) is 0 Å². The monoisotopic (exact) mass is 489 g/mol. The largest absolute Gasteiger partial charge is 0.497 e. The van der Waals surface area contributed by atoms with E-state index < -0.39 is 6.04 Å². The summed E-state index contributed by atoms with van der Waals surface area (Å²) < 4.78 is 16.4. The predicted octanol–water partition coefficient (Wildman–Crippen LogP) is 5.50. The zero-order chi connectivity index (χ0) is 24.5. The number of ether oxygens (including phenoxy) is 3. The SMILES string of the molecule is COc1ccc(-c2n[nH]c3c2C(c2ccc(OC)cc2OC)N(Cc2ccc(Cl)cc2)C3=O)cc1. The number of nitrogens with zero attached hydrogens (tertiary/aromatic N) is 2. The minimum Gasteiger partial charge on any atom is -0.497 e. The highest BCUT2D eigenvalue weighted by Gasteiger charge is 2.43. The number of rotatable bonds is 7. The molecule has 2 heterocycles. The summed E-state index contributed by atoms with van der Waals surface area (Å²) in [5.41, 5.74) is 4.65. The highest BCUT2D eigenvalue weighted by atomic mass is 35.5. The summed E-state index contributed by atoms with van der Waals surface area (Å²) in [6, 6.07) is 20.3. The second-order valence-corrected chi connectivity index (χ2v) is 8.60. The quantitative estimate of drug-likeness (QED) is 0.371. The van der Waals surface area contributed by atoms with Crippen LogP contribution in [0.3, 0.4) is 0 Å². The maximum atomic E-state index is 13.7. The summed E-state index contributed by atoms with van der Waals surface area (Å²) in [5, 5.41) is 8.17. The molecule has 5 rings (SSSR count). The Hall–Kier alpha value is -3.97. The predicted molar refractivity (Wildman–Crippen MR) is 133 cm³/mol. The van der Waals surface area contributed by atoms with E-state index in [9.17, 15) is 4.79 Å². The molecule has 1 aromatic heterocycles. The first kappa shape index (κ1) is 22.8. The second kappa shape index (κ2) is 9.35. The third-order valence-electron chi connectivity index (χ3n) is 6.23. The zero-order valence-corrected chi connectivity index (χ0v) is 20.3. The summed E-state index contributed by atoms with van der Waals surface area (Å²) in [5.74, 6) is 1.90. The van der Waals surface area contributed by atoms with E-state index in [0.717, 1.165) is 28.0 Å². The molecule has 4 aromatic rings. The molecule has 178 valence electrons. The third-order valence-corrected chi connectivity index (χ3v) is 6.48. The molecule has 8 heteroatoms. The molecule has 1 unspecified atom stereocenters. The Kier molecular flexibility index (Phi) is 6.09. The van der Waals surface area contributed by atoms with Crippen molar-refractivity contribution in [3.05, 3.63) is 94.1 Å². The molecule has 7 nitrogen and oxygen atoms in total. The first-order valence-corrected chi connectivity index (χ1v) is 11.4. The van der Waals surface area contributed by atoms with Crippen molar-refractivity contribution < 1.29 is 19.0 Å². The van der Waals surface area contributed by atoms with Gasteiger partial charge in [0.15, 0.2) is 0 Å². The normalized spacial score (nSPS) is 14.7. The summed E-state index contributed by atoms with van der Waals surface area (Å²) in [4.78, 5) is 15.5. The van der Waals surface area contributed by atoms with Crippen LogP contribution in [0.1, 0.15) is 33.2 Å². The number of aromatic amines is 1. The maximum absolute atomic E-state index is 13.7. The number of halogens is 1. The summed E-state index contributed by atoms with van der Waals surface area (Å²) in [6.07, 6.45) is 0. The van der Waals surface area contributed by atoms with E-state index in [2.05, 4.69) is 10.2 Å². The first-order chi connectivity index (χ1) is 17.0. The van der Waals surface area contributed by atoms with Gasteiger partial charge in [-0.05, 0) is 54.1 Å². The molecule has 1 aliphatic heterocycles. The third kappa shape index (κ3) is 4.08. The minimum atomic E-state index is -0.426. The Morgan fingerprint density at radius 1 is 0.914 bits per heavy atom. The Morgan fingerprint density at radius 3 is 2.26 bits per heavy atom. The van der Waals surface area contributed by atoms with E-state index in [1.165, 1.54) is 0 Å². The van der Waals surface area contributed by atoms with Gasteiger partial charge in [0.1, 0.15) is 22.9 Å². The number of H-pyrrole nitrogens is 1. The number of amides is 1. The molecule has 1 N–H and O–H groups in total. The number of carbonyl (C=O) groups is 1. The van der Waals surface area contributed by atoms with Crippen LogP contribution in [-0.4, -0.2) is 42.3 Å². The van der Waals surface area contributed by atoms with E-state index in [1.807, 2.05) is 71.6 Å².